The van der Waals surface area contributed by atoms with Crippen molar-refractivity contribution in [3.63, 3.8) is 0 Å². The van der Waals surface area contributed by atoms with Gasteiger partial charge in [-0.25, -0.2) is 0 Å². The number of carbonyl (C=O) groups excluding carboxylic acids is 2. The highest BCUT2D eigenvalue weighted by atomic mass is 16.5. The number of carbonyl (C=O) groups is 2. The van der Waals surface area contributed by atoms with Gasteiger partial charge in [-0.05, 0) is 24.5 Å². The monoisotopic (exact) mass is 274 g/mol. The fraction of sp³-hybridized carbons (Fsp3) is 0.467. The van der Waals surface area contributed by atoms with E-state index in [1.807, 2.05) is 24.3 Å². The highest BCUT2D eigenvalue weighted by Crippen LogP contribution is 2.29. The average Bonchev–Trinajstić information content (AvgIpc) is 3.21. The van der Waals surface area contributed by atoms with E-state index in [0.717, 1.165) is 24.2 Å². The summed E-state index contributed by atoms with van der Waals surface area (Å²) in [7, 11) is 0. The Bertz CT molecular complexity index is 501. The highest BCUT2D eigenvalue weighted by Gasteiger charge is 2.30. The van der Waals surface area contributed by atoms with Gasteiger partial charge >= 0.3 is 0 Å². The van der Waals surface area contributed by atoms with E-state index in [9.17, 15) is 9.59 Å². The summed E-state index contributed by atoms with van der Waals surface area (Å²) in [5.41, 5.74) is 1.06. The summed E-state index contributed by atoms with van der Waals surface area (Å²) in [5.74, 6) is 0.971. The van der Waals surface area contributed by atoms with Gasteiger partial charge in [0.05, 0.1) is 0 Å². The molecule has 0 saturated heterocycles. The van der Waals surface area contributed by atoms with Gasteiger partial charge in [0, 0.05) is 25.4 Å². The number of rotatable bonds is 5. The molecule has 1 saturated carbocycles. The molecule has 3 rings (SSSR count). The first-order valence-corrected chi connectivity index (χ1v) is 7.04. The number of hydrogen-bond donors (Lipinski definition) is 2. The standard InChI is InChI=1S/C15H18N2O3/c18-14(10-5-6-10)16-7-8-17-15(19)13-9-11-3-1-2-4-12(11)20-13/h1-4,10,13H,5-9H2,(H,16,18)(H,17,19). The number of benzene rings is 1. The molecule has 1 heterocycles. The van der Waals surface area contributed by atoms with Crippen molar-refractivity contribution in [2.75, 3.05) is 13.1 Å². The van der Waals surface area contributed by atoms with Crippen LogP contribution >= 0.6 is 0 Å². The van der Waals surface area contributed by atoms with Gasteiger partial charge in [-0.2, -0.15) is 0 Å². The summed E-state index contributed by atoms with van der Waals surface area (Å²) in [6, 6.07) is 7.68. The molecule has 1 aromatic carbocycles. The molecular formula is C15H18N2O3. The lowest BCUT2D eigenvalue weighted by Crippen LogP contribution is -2.41. The first kappa shape index (κ1) is 13.0. The molecule has 1 unspecified atom stereocenters. The van der Waals surface area contributed by atoms with E-state index < -0.39 is 6.10 Å². The van der Waals surface area contributed by atoms with Gasteiger partial charge in [0.15, 0.2) is 6.10 Å². The number of hydrogen-bond acceptors (Lipinski definition) is 3. The zero-order chi connectivity index (χ0) is 13.9. The minimum absolute atomic E-state index is 0.101. The summed E-state index contributed by atoms with van der Waals surface area (Å²) in [6.07, 6.45) is 2.14. The first-order valence-electron chi connectivity index (χ1n) is 7.04. The largest absolute Gasteiger partial charge is 0.480 e. The number of para-hydroxylation sites is 1. The summed E-state index contributed by atoms with van der Waals surface area (Å²) in [6.45, 7) is 0.911. The Morgan fingerprint density at radius 3 is 2.50 bits per heavy atom. The molecule has 0 bridgehead atoms. The fourth-order valence-electron chi connectivity index (χ4n) is 2.30. The lowest BCUT2D eigenvalue weighted by molar-refractivity contribution is -0.127. The Kier molecular flexibility index (Phi) is 3.58. The van der Waals surface area contributed by atoms with E-state index in [2.05, 4.69) is 10.6 Å². The van der Waals surface area contributed by atoms with Crippen molar-refractivity contribution in [2.24, 2.45) is 5.92 Å². The molecule has 1 fully saturated rings. The molecule has 0 spiro atoms. The molecule has 0 radical (unpaired) electrons. The van der Waals surface area contributed by atoms with Gasteiger partial charge in [-0.1, -0.05) is 18.2 Å². The lowest BCUT2D eigenvalue weighted by atomic mass is 10.1. The van der Waals surface area contributed by atoms with Crippen molar-refractivity contribution in [3.05, 3.63) is 29.8 Å². The third kappa shape index (κ3) is 2.92. The lowest BCUT2D eigenvalue weighted by Gasteiger charge is -2.11. The normalized spacial score (nSPS) is 19.9. The maximum atomic E-state index is 12.0. The maximum Gasteiger partial charge on any atom is 0.261 e. The molecule has 1 aromatic rings. The third-order valence-electron chi connectivity index (χ3n) is 3.61. The molecule has 2 aliphatic rings. The minimum Gasteiger partial charge on any atom is -0.480 e. The Hall–Kier alpha value is -2.04. The second-order valence-electron chi connectivity index (χ2n) is 5.27. The SMILES string of the molecule is O=C(NCCNC(=O)C1Cc2ccccc2O1)C1CC1. The summed E-state index contributed by atoms with van der Waals surface area (Å²) in [5, 5.41) is 5.61. The van der Waals surface area contributed by atoms with Crippen LogP contribution in [0.3, 0.4) is 0 Å². The van der Waals surface area contributed by atoms with Gasteiger partial charge < -0.3 is 15.4 Å². The van der Waals surface area contributed by atoms with Crippen LogP contribution in [0.2, 0.25) is 0 Å². The second kappa shape index (κ2) is 5.53. The Morgan fingerprint density at radius 1 is 1.10 bits per heavy atom. The first-order chi connectivity index (χ1) is 9.74. The Balaban J connectivity index is 1.39. The predicted molar refractivity (Wildman–Crippen MR) is 73.3 cm³/mol. The van der Waals surface area contributed by atoms with Crippen molar-refractivity contribution in [1.82, 2.24) is 10.6 Å². The molecule has 0 aromatic heterocycles. The molecule has 1 atom stereocenters. The third-order valence-corrected chi connectivity index (χ3v) is 3.61. The zero-order valence-corrected chi connectivity index (χ0v) is 11.2. The molecular weight excluding hydrogens is 256 g/mol. The van der Waals surface area contributed by atoms with Gasteiger partial charge in [0.1, 0.15) is 5.75 Å². The van der Waals surface area contributed by atoms with Crippen LogP contribution in [-0.4, -0.2) is 31.0 Å². The maximum absolute atomic E-state index is 12.0. The summed E-state index contributed by atoms with van der Waals surface area (Å²) < 4.78 is 5.60. The number of amides is 2. The van der Waals surface area contributed by atoms with E-state index in [1.54, 1.807) is 0 Å². The van der Waals surface area contributed by atoms with Crippen molar-refractivity contribution in [3.8, 4) is 5.75 Å². The average molecular weight is 274 g/mol. The molecule has 5 heteroatoms. The van der Waals surface area contributed by atoms with Crippen molar-refractivity contribution < 1.29 is 14.3 Å². The Morgan fingerprint density at radius 2 is 1.80 bits per heavy atom. The predicted octanol–water partition coefficient (Wildman–Crippen LogP) is 0.633. The Labute approximate surface area is 117 Å². The topological polar surface area (TPSA) is 67.4 Å². The van der Waals surface area contributed by atoms with E-state index in [0.29, 0.717) is 19.5 Å². The van der Waals surface area contributed by atoms with Crippen LogP contribution in [-0.2, 0) is 16.0 Å². The van der Waals surface area contributed by atoms with Crippen LogP contribution in [0.1, 0.15) is 18.4 Å². The van der Waals surface area contributed by atoms with E-state index in [4.69, 9.17) is 4.74 Å². The smallest absolute Gasteiger partial charge is 0.261 e. The van der Waals surface area contributed by atoms with Gasteiger partial charge in [-0.15, -0.1) is 0 Å². The fourth-order valence-corrected chi connectivity index (χ4v) is 2.30. The molecule has 1 aliphatic heterocycles. The number of fused-ring (bicyclic) bond motifs is 1. The van der Waals surface area contributed by atoms with E-state index in [1.165, 1.54) is 0 Å². The highest BCUT2D eigenvalue weighted by molar-refractivity contribution is 5.83. The van der Waals surface area contributed by atoms with Crippen LogP contribution < -0.4 is 15.4 Å². The quantitative estimate of drug-likeness (QED) is 0.774. The molecule has 20 heavy (non-hydrogen) atoms. The van der Waals surface area contributed by atoms with E-state index in [-0.39, 0.29) is 17.7 Å². The van der Waals surface area contributed by atoms with Crippen molar-refractivity contribution in [2.45, 2.75) is 25.4 Å². The van der Waals surface area contributed by atoms with Gasteiger partial charge in [0.25, 0.3) is 5.91 Å². The van der Waals surface area contributed by atoms with Crippen molar-refractivity contribution in [1.29, 1.82) is 0 Å². The van der Waals surface area contributed by atoms with Crippen LogP contribution in [0.15, 0.2) is 24.3 Å². The van der Waals surface area contributed by atoms with Crippen LogP contribution in [0.4, 0.5) is 0 Å². The number of nitrogens with one attached hydrogen (secondary N) is 2. The van der Waals surface area contributed by atoms with E-state index >= 15 is 0 Å². The molecule has 2 N–H and O–H groups in total. The minimum atomic E-state index is -0.452. The molecule has 1 aliphatic carbocycles. The number of ether oxygens (including phenoxy) is 1. The van der Waals surface area contributed by atoms with Crippen LogP contribution in [0, 0.1) is 5.92 Å². The second-order valence-corrected chi connectivity index (χ2v) is 5.27. The summed E-state index contributed by atoms with van der Waals surface area (Å²) >= 11 is 0. The molecule has 106 valence electrons. The van der Waals surface area contributed by atoms with Gasteiger partial charge in [-0.3, -0.25) is 9.59 Å². The van der Waals surface area contributed by atoms with Crippen molar-refractivity contribution >= 4 is 11.8 Å². The summed E-state index contributed by atoms with van der Waals surface area (Å²) in [4.78, 5) is 23.4. The molecule has 5 nitrogen and oxygen atoms in total. The van der Waals surface area contributed by atoms with Crippen LogP contribution in [0.25, 0.3) is 0 Å². The zero-order valence-electron chi connectivity index (χ0n) is 11.2. The van der Waals surface area contributed by atoms with Gasteiger partial charge in [0.2, 0.25) is 5.91 Å². The van der Waals surface area contributed by atoms with Crippen LogP contribution in [0.5, 0.6) is 5.75 Å². The molecule has 2 amide bonds.